The average Bonchev–Trinajstić information content (AvgIpc) is 3.17. The lowest BCUT2D eigenvalue weighted by Crippen LogP contribution is -2.28. The molecule has 0 spiro atoms. The van der Waals surface area contributed by atoms with Crippen molar-refractivity contribution in [2.45, 2.75) is 187 Å². The van der Waals surface area contributed by atoms with Crippen LogP contribution in [0.1, 0.15) is 181 Å². The van der Waals surface area contributed by atoms with Crippen LogP contribution >= 0.6 is 0 Å². The van der Waals surface area contributed by atoms with E-state index in [1.54, 1.807) is 0 Å². The van der Waals surface area contributed by atoms with Crippen LogP contribution in [0, 0.1) is 0 Å². The van der Waals surface area contributed by atoms with Gasteiger partial charge in [-0.25, -0.2) is 0 Å². The molecule has 5 heteroatoms. The second-order valence-corrected chi connectivity index (χ2v) is 14.0. The first-order valence-corrected chi connectivity index (χ1v) is 21.8. The SMILES string of the molecule is CC/C=C\C/C=C\C/C=C\C/C=C\CCCCCCCCCCCCCCCCC(=O)OC(CO)COC(=O)CC/C=C\C/C=C\C/C=C\C/C=C\CC. The summed E-state index contributed by atoms with van der Waals surface area (Å²) in [7, 11) is 0. The molecular formula is C49H80O5. The van der Waals surface area contributed by atoms with Gasteiger partial charge in [0.2, 0.25) is 0 Å². The Morgan fingerprint density at radius 3 is 1.19 bits per heavy atom. The minimum atomic E-state index is -0.805. The van der Waals surface area contributed by atoms with Gasteiger partial charge in [0.25, 0.3) is 0 Å². The number of ether oxygens (including phenoxy) is 2. The molecule has 0 radical (unpaired) electrons. The zero-order chi connectivity index (χ0) is 39.3. The Labute approximate surface area is 332 Å². The summed E-state index contributed by atoms with van der Waals surface area (Å²) < 4.78 is 10.6. The Morgan fingerprint density at radius 2 is 0.778 bits per heavy atom. The highest BCUT2D eigenvalue weighted by Crippen LogP contribution is 2.14. The van der Waals surface area contributed by atoms with E-state index in [9.17, 15) is 14.7 Å². The van der Waals surface area contributed by atoms with E-state index >= 15 is 0 Å². The van der Waals surface area contributed by atoms with Crippen LogP contribution in [0.3, 0.4) is 0 Å². The number of carbonyl (C=O) groups is 2. The Kier molecular flexibility index (Phi) is 41.6. The molecule has 0 fully saturated rings. The largest absolute Gasteiger partial charge is 0.462 e. The number of allylic oxidation sites excluding steroid dienone is 16. The molecule has 0 aliphatic rings. The number of carbonyl (C=O) groups excluding carboxylic acids is 2. The van der Waals surface area contributed by atoms with Crippen LogP contribution in [-0.4, -0.2) is 36.4 Å². The molecule has 306 valence electrons. The van der Waals surface area contributed by atoms with E-state index in [1.165, 1.54) is 77.0 Å². The second kappa shape index (κ2) is 44.2. The average molecular weight is 749 g/mol. The zero-order valence-electron chi connectivity index (χ0n) is 34.7. The monoisotopic (exact) mass is 749 g/mol. The minimum Gasteiger partial charge on any atom is -0.462 e. The van der Waals surface area contributed by atoms with Crippen molar-refractivity contribution in [1.82, 2.24) is 0 Å². The van der Waals surface area contributed by atoms with Crippen LogP contribution < -0.4 is 0 Å². The van der Waals surface area contributed by atoms with E-state index in [0.29, 0.717) is 12.8 Å². The normalized spacial score (nSPS) is 13.2. The van der Waals surface area contributed by atoms with E-state index in [2.05, 4.69) is 98.9 Å². The molecule has 0 aromatic rings. The fourth-order valence-electron chi connectivity index (χ4n) is 5.68. The fraction of sp³-hybridized carbons (Fsp3) is 0.633. The number of rotatable bonds is 38. The Hall–Kier alpha value is -3.18. The van der Waals surface area contributed by atoms with E-state index in [4.69, 9.17) is 9.47 Å². The quantitative estimate of drug-likeness (QED) is 0.0387. The summed E-state index contributed by atoms with van der Waals surface area (Å²) >= 11 is 0. The van der Waals surface area contributed by atoms with E-state index in [0.717, 1.165) is 70.6 Å². The summed E-state index contributed by atoms with van der Waals surface area (Å²) in [6.07, 6.45) is 62.2. The molecule has 0 aromatic carbocycles. The van der Waals surface area contributed by atoms with Gasteiger partial charge >= 0.3 is 11.9 Å². The molecule has 0 heterocycles. The molecule has 0 rings (SSSR count). The first-order valence-electron chi connectivity index (χ1n) is 21.8. The van der Waals surface area contributed by atoms with Gasteiger partial charge < -0.3 is 14.6 Å². The highest BCUT2D eigenvalue weighted by Gasteiger charge is 2.15. The van der Waals surface area contributed by atoms with Crippen LogP contribution in [0.2, 0.25) is 0 Å². The molecule has 0 aromatic heterocycles. The molecule has 0 aliphatic heterocycles. The summed E-state index contributed by atoms with van der Waals surface area (Å²) in [6.45, 7) is 3.83. The maximum Gasteiger partial charge on any atom is 0.306 e. The van der Waals surface area contributed by atoms with Crippen molar-refractivity contribution in [3.05, 3.63) is 97.2 Å². The molecular weight excluding hydrogens is 669 g/mol. The third-order valence-electron chi connectivity index (χ3n) is 8.89. The predicted octanol–water partition coefficient (Wildman–Crippen LogP) is 14.1. The number of hydrogen-bond donors (Lipinski definition) is 1. The summed E-state index contributed by atoms with van der Waals surface area (Å²) in [5, 5.41) is 9.56. The molecule has 0 saturated heterocycles. The van der Waals surface area contributed by atoms with Crippen molar-refractivity contribution in [3.63, 3.8) is 0 Å². The topological polar surface area (TPSA) is 72.8 Å². The van der Waals surface area contributed by atoms with Crippen molar-refractivity contribution in [3.8, 4) is 0 Å². The highest BCUT2D eigenvalue weighted by molar-refractivity contribution is 5.70. The first-order chi connectivity index (χ1) is 26.6. The summed E-state index contributed by atoms with van der Waals surface area (Å²) in [5.41, 5.74) is 0. The number of hydrogen-bond acceptors (Lipinski definition) is 5. The predicted molar refractivity (Wildman–Crippen MR) is 232 cm³/mol. The molecule has 1 unspecified atom stereocenters. The van der Waals surface area contributed by atoms with Gasteiger partial charge in [0.05, 0.1) is 6.61 Å². The van der Waals surface area contributed by atoms with Gasteiger partial charge in [-0.2, -0.15) is 0 Å². The molecule has 54 heavy (non-hydrogen) atoms. The second-order valence-electron chi connectivity index (χ2n) is 14.0. The van der Waals surface area contributed by atoms with Crippen molar-refractivity contribution in [2.75, 3.05) is 13.2 Å². The van der Waals surface area contributed by atoms with Crippen molar-refractivity contribution in [1.29, 1.82) is 0 Å². The third kappa shape index (κ3) is 41.6. The van der Waals surface area contributed by atoms with Gasteiger partial charge in [0, 0.05) is 12.8 Å². The van der Waals surface area contributed by atoms with Gasteiger partial charge in [0.15, 0.2) is 6.10 Å². The molecule has 0 aliphatic carbocycles. The number of aliphatic hydroxyl groups is 1. The van der Waals surface area contributed by atoms with Crippen molar-refractivity contribution >= 4 is 11.9 Å². The highest BCUT2D eigenvalue weighted by atomic mass is 16.6. The van der Waals surface area contributed by atoms with Gasteiger partial charge in [-0.3, -0.25) is 9.59 Å². The van der Waals surface area contributed by atoms with E-state index in [1.807, 2.05) is 12.2 Å². The van der Waals surface area contributed by atoms with Gasteiger partial charge in [-0.15, -0.1) is 0 Å². The lowest BCUT2D eigenvalue weighted by Gasteiger charge is -2.15. The van der Waals surface area contributed by atoms with Gasteiger partial charge in [-0.05, 0) is 77.0 Å². The van der Waals surface area contributed by atoms with E-state index < -0.39 is 6.10 Å². The smallest absolute Gasteiger partial charge is 0.306 e. The first kappa shape index (κ1) is 50.8. The van der Waals surface area contributed by atoms with Crippen LogP contribution in [0.5, 0.6) is 0 Å². The molecule has 0 saturated carbocycles. The third-order valence-corrected chi connectivity index (χ3v) is 8.89. The Morgan fingerprint density at radius 1 is 0.426 bits per heavy atom. The number of aliphatic hydroxyl groups excluding tert-OH is 1. The lowest BCUT2D eigenvalue weighted by atomic mass is 10.0. The maximum atomic E-state index is 12.2. The Balaban J connectivity index is 3.57. The number of unbranched alkanes of at least 4 members (excludes halogenated alkanes) is 14. The molecule has 5 nitrogen and oxygen atoms in total. The Bertz CT molecular complexity index is 1070. The van der Waals surface area contributed by atoms with Crippen LogP contribution in [0.25, 0.3) is 0 Å². The van der Waals surface area contributed by atoms with Crippen LogP contribution in [0.4, 0.5) is 0 Å². The minimum absolute atomic E-state index is 0.109. The van der Waals surface area contributed by atoms with Crippen molar-refractivity contribution in [2.24, 2.45) is 0 Å². The van der Waals surface area contributed by atoms with E-state index in [-0.39, 0.29) is 31.6 Å². The number of esters is 2. The summed E-state index contributed by atoms with van der Waals surface area (Å²) in [6, 6.07) is 0. The van der Waals surface area contributed by atoms with Gasteiger partial charge in [0.1, 0.15) is 6.61 Å². The lowest BCUT2D eigenvalue weighted by molar-refractivity contribution is -0.161. The summed E-state index contributed by atoms with van der Waals surface area (Å²) in [5.74, 6) is -0.692. The van der Waals surface area contributed by atoms with Crippen molar-refractivity contribution < 1.29 is 24.2 Å². The van der Waals surface area contributed by atoms with Crippen LogP contribution in [-0.2, 0) is 19.1 Å². The van der Waals surface area contributed by atoms with Crippen LogP contribution in [0.15, 0.2) is 97.2 Å². The molecule has 0 amide bonds. The molecule has 1 N–H and O–H groups in total. The van der Waals surface area contributed by atoms with Gasteiger partial charge in [-0.1, -0.05) is 188 Å². The fourth-order valence-corrected chi connectivity index (χ4v) is 5.68. The standard InChI is InChI=1S/C49H80O5/c1-3-5-7-9-11-13-15-17-18-19-20-21-22-23-24-25-26-27-28-29-30-32-34-36-38-40-42-44-49(52)54-47(45-50)46-53-48(51)43-41-39-37-35-33-31-16-14-12-10-8-6-4-2/h5-8,11-14,17-18,20-21,31,33,37,39,47,50H,3-4,9-10,15-16,19,22-30,32,34-36,38,40-46H2,1-2H3/b7-5-,8-6-,13-11-,14-12-,18-17-,21-20-,33-31-,39-37-. The molecule has 0 bridgehead atoms. The maximum absolute atomic E-state index is 12.2. The zero-order valence-corrected chi connectivity index (χ0v) is 34.7. The summed E-state index contributed by atoms with van der Waals surface area (Å²) in [4.78, 5) is 24.2. The molecule has 1 atom stereocenters.